The third-order valence-electron chi connectivity index (χ3n) is 4.02. The molecule has 0 radical (unpaired) electrons. The van der Waals surface area contributed by atoms with Gasteiger partial charge in [0.1, 0.15) is 17.5 Å². The molecular formula is C18H22ClNO2. The molecule has 4 heteroatoms. The third kappa shape index (κ3) is 3.27. The average Bonchev–Trinajstić information content (AvgIpc) is 2.48. The van der Waals surface area contributed by atoms with Gasteiger partial charge < -0.3 is 15.2 Å². The first-order valence-electron chi connectivity index (χ1n) is 7.31. The van der Waals surface area contributed by atoms with Gasteiger partial charge in [-0.15, -0.1) is 12.4 Å². The smallest absolute Gasteiger partial charge is 0.131 e. The minimum Gasteiger partial charge on any atom is -0.485 e. The number of aliphatic hydroxyl groups excluding tert-OH is 1. The highest BCUT2D eigenvalue weighted by molar-refractivity contribution is 5.85. The minimum atomic E-state index is -0.608. The normalized spacial score (nSPS) is 22.1. The first-order valence-corrected chi connectivity index (χ1v) is 7.31. The third-order valence-corrected chi connectivity index (χ3v) is 4.02. The highest BCUT2D eigenvalue weighted by Gasteiger charge is 2.42. The zero-order valence-electron chi connectivity index (χ0n) is 12.8. The van der Waals surface area contributed by atoms with Crippen LogP contribution in [0.2, 0.25) is 0 Å². The Labute approximate surface area is 137 Å². The first-order chi connectivity index (χ1) is 10.1. The van der Waals surface area contributed by atoms with Crippen LogP contribution in [0.25, 0.3) is 0 Å². The average molecular weight is 320 g/mol. The van der Waals surface area contributed by atoms with Crippen LogP contribution in [-0.4, -0.2) is 16.8 Å². The quantitative estimate of drug-likeness (QED) is 0.910. The molecule has 0 saturated carbocycles. The molecule has 0 aliphatic carbocycles. The number of benzene rings is 2. The molecule has 2 unspecified atom stereocenters. The van der Waals surface area contributed by atoms with Gasteiger partial charge in [0.05, 0.1) is 6.04 Å². The van der Waals surface area contributed by atoms with E-state index in [-0.39, 0.29) is 18.4 Å². The van der Waals surface area contributed by atoms with Gasteiger partial charge in [0.2, 0.25) is 0 Å². The fourth-order valence-corrected chi connectivity index (χ4v) is 2.79. The van der Waals surface area contributed by atoms with E-state index in [0.29, 0.717) is 6.54 Å². The van der Waals surface area contributed by atoms with Crippen molar-refractivity contribution in [1.29, 1.82) is 0 Å². The Bertz CT molecular complexity index is 615. The number of ether oxygens (including phenoxy) is 1. The summed E-state index contributed by atoms with van der Waals surface area (Å²) in [5, 5.41) is 14.1. The van der Waals surface area contributed by atoms with Crippen LogP contribution in [0.3, 0.4) is 0 Å². The molecule has 2 N–H and O–H groups in total. The van der Waals surface area contributed by atoms with Gasteiger partial charge in [0, 0.05) is 12.1 Å². The molecule has 1 aliphatic heterocycles. The van der Waals surface area contributed by atoms with E-state index in [2.05, 4.69) is 17.4 Å². The fourth-order valence-electron chi connectivity index (χ4n) is 2.79. The number of aliphatic hydroxyl groups is 1. The summed E-state index contributed by atoms with van der Waals surface area (Å²) in [5.41, 5.74) is 1.61. The van der Waals surface area contributed by atoms with Crippen LogP contribution >= 0.6 is 12.4 Å². The molecule has 2 aromatic rings. The summed E-state index contributed by atoms with van der Waals surface area (Å²) >= 11 is 0. The van der Waals surface area contributed by atoms with E-state index in [1.165, 1.54) is 5.56 Å². The van der Waals surface area contributed by atoms with Gasteiger partial charge in [-0.2, -0.15) is 0 Å². The molecule has 0 saturated heterocycles. The molecule has 1 aliphatic rings. The number of hydrogen-bond acceptors (Lipinski definition) is 3. The monoisotopic (exact) mass is 319 g/mol. The number of hydrogen-bond donors (Lipinski definition) is 2. The van der Waals surface area contributed by atoms with Crippen molar-refractivity contribution in [3.63, 3.8) is 0 Å². The van der Waals surface area contributed by atoms with E-state index >= 15 is 0 Å². The van der Waals surface area contributed by atoms with Crippen LogP contribution in [0.4, 0.5) is 0 Å². The maximum atomic E-state index is 10.6. The van der Waals surface area contributed by atoms with Crippen molar-refractivity contribution in [2.24, 2.45) is 0 Å². The van der Waals surface area contributed by atoms with Crippen LogP contribution in [0.15, 0.2) is 54.6 Å². The maximum absolute atomic E-state index is 10.6. The van der Waals surface area contributed by atoms with Crippen molar-refractivity contribution in [1.82, 2.24) is 5.32 Å². The fraction of sp³-hybridized carbons (Fsp3) is 0.333. The highest BCUT2D eigenvalue weighted by atomic mass is 35.5. The lowest BCUT2D eigenvalue weighted by Crippen LogP contribution is -2.52. The van der Waals surface area contributed by atoms with Gasteiger partial charge in [-0.3, -0.25) is 0 Å². The van der Waals surface area contributed by atoms with E-state index in [9.17, 15) is 5.11 Å². The molecule has 118 valence electrons. The molecule has 2 atom stereocenters. The second-order valence-corrected chi connectivity index (χ2v) is 6.03. The van der Waals surface area contributed by atoms with Crippen LogP contribution in [0.5, 0.6) is 5.75 Å². The largest absolute Gasteiger partial charge is 0.485 e. The van der Waals surface area contributed by atoms with E-state index in [1.54, 1.807) is 0 Å². The van der Waals surface area contributed by atoms with Crippen LogP contribution < -0.4 is 10.1 Å². The van der Waals surface area contributed by atoms with Gasteiger partial charge >= 0.3 is 0 Å². The molecular weight excluding hydrogens is 298 g/mol. The van der Waals surface area contributed by atoms with Crippen molar-refractivity contribution >= 4 is 12.4 Å². The molecule has 2 aromatic carbocycles. The SMILES string of the molecule is CC1(C)Oc2ccccc2C(NCc2ccccc2)C1O.Cl. The topological polar surface area (TPSA) is 41.5 Å². The summed E-state index contributed by atoms with van der Waals surface area (Å²) in [7, 11) is 0. The molecule has 0 spiro atoms. The predicted molar refractivity (Wildman–Crippen MR) is 90.4 cm³/mol. The number of rotatable bonds is 3. The molecule has 1 heterocycles. The summed E-state index contributed by atoms with van der Waals surface area (Å²) < 4.78 is 5.92. The molecule has 22 heavy (non-hydrogen) atoms. The highest BCUT2D eigenvalue weighted by Crippen LogP contribution is 2.39. The molecule has 3 rings (SSSR count). The lowest BCUT2D eigenvalue weighted by molar-refractivity contribution is -0.0648. The molecule has 0 aromatic heterocycles. The molecule has 0 fully saturated rings. The number of nitrogens with one attached hydrogen (secondary N) is 1. The Morgan fingerprint density at radius 1 is 1.05 bits per heavy atom. The zero-order valence-corrected chi connectivity index (χ0v) is 13.6. The van der Waals surface area contributed by atoms with E-state index in [4.69, 9.17) is 4.74 Å². The molecule has 0 bridgehead atoms. The second-order valence-electron chi connectivity index (χ2n) is 6.03. The van der Waals surface area contributed by atoms with Gasteiger partial charge in [-0.05, 0) is 25.5 Å². The Kier molecular flexibility index (Phi) is 5.12. The maximum Gasteiger partial charge on any atom is 0.131 e. The number of halogens is 1. The van der Waals surface area contributed by atoms with Crippen molar-refractivity contribution in [2.75, 3.05) is 0 Å². The van der Waals surface area contributed by atoms with Crippen LogP contribution in [0.1, 0.15) is 31.0 Å². The van der Waals surface area contributed by atoms with Crippen molar-refractivity contribution in [3.05, 3.63) is 65.7 Å². The summed E-state index contributed by atoms with van der Waals surface area (Å²) in [6.45, 7) is 4.56. The zero-order chi connectivity index (χ0) is 14.9. The van der Waals surface area contributed by atoms with Gasteiger partial charge in [0.25, 0.3) is 0 Å². The standard InChI is InChI=1S/C18H21NO2.ClH/c1-18(2)17(20)16(14-10-6-7-11-15(14)21-18)19-12-13-8-4-3-5-9-13;/h3-11,16-17,19-20H,12H2,1-2H3;1H. The van der Waals surface area contributed by atoms with Crippen LogP contribution in [0, 0.1) is 0 Å². The van der Waals surface area contributed by atoms with Crippen molar-refractivity contribution < 1.29 is 9.84 Å². The minimum absolute atomic E-state index is 0. The number of para-hydroxylation sites is 1. The van der Waals surface area contributed by atoms with E-state index in [1.807, 2.05) is 56.3 Å². The predicted octanol–water partition coefficient (Wildman–Crippen LogP) is 3.47. The Hall–Kier alpha value is -1.55. The van der Waals surface area contributed by atoms with Gasteiger partial charge in [0.15, 0.2) is 0 Å². The van der Waals surface area contributed by atoms with Crippen molar-refractivity contribution in [2.45, 2.75) is 38.1 Å². The molecule has 3 nitrogen and oxygen atoms in total. The Morgan fingerprint density at radius 3 is 2.41 bits per heavy atom. The lowest BCUT2D eigenvalue weighted by atomic mass is 9.86. The summed E-state index contributed by atoms with van der Waals surface area (Å²) in [5.74, 6) is 0.846. The van der Waals surface area contributed by atoms with Gasteiger partial charge in [-0.1, -0.05) is 48.5 Å². The molecule has 0 amide bonds. The lowest BCUT2D eigenvalue weighted by Gasteiger charge is -2.42. The van der Waals surface area contributed by atoms with E-state index < -0.39 is 11.7 Å². The summed E-state index contributed by atoms with van der Waals surface area (Å²) in [6, 6.07) is 18.0. The summed E-state index contributed by atoms with van der Waals surface area (Å²) in [6.07, 6.45) is -0.601. The van der Waals surface area contributed by atoms with Crippen molar-refractivity contribution in [3.8, 4) is 5.75 Å². The van der Waals surface area contributed by atoms with Gasteiger partial charge in [-0.25, -0.2) is 0 Å². The Morgan fingerprint density at radius 2 is 1.68 bits per heavy atom. The first kappa shape index (κ1) is 16.8. The number of fused-ring (bicyclic) bond motifs is 1. The van der Waals surface area contributed by atoms with Crippen LogP contribution in [-0.2, 0) is 6.54 Å². The summed E-state index contributed by atoms with van der Waals surface area (Å²) in [4.78, 5) is 0. The Balaban J connectivity index is 0.00000176. The van der Waals surface area contributed by atoms with E-state index in [0.717, 1.165) is 11.3 Å². The second kappa shape index (κ2) is 6.69.